The van der Waals surface area contributed by atoms with Crippen molar-refractivity contribution in [3.05, 3.63) is 24.4 Å². The third-order valence-corrected chi connectivity index (χ3v) is 5.07. The monoisotopic (exact) mass is 402 g/mol. The van der Waals surface area contributed by atoms with Crippen LogP contribution in [-0.2, 0) is 18.9 Å². The van der Waals surface area contributed by atoms with Gasteiger partial charge in [0.1, 0.15) is 5.56 Å². The molecule has 2 aromatic heterocycles. The molecule has 1 amide bonds. The Kier molecular flexibility index (Phi) is 4.82. The summed E-state index contributed by atoms with van der Waals surface area (Å²) in [5, 5.41) is 16.0. The van der Waals surface area contributed by atoms with Gasteiger partial charge in [-0.2, -0.15) is 0 Å². The number of methoxy groups -OCH3 is 1. The fourth-order valence-corrected chi connectivity index (χ4v) is 3.46. The SMILES string of the molecule is COc1nn(C)cc1-c1nnc(SCC(=O)Nc2ccc3c(c2)OCO3)n1C. The molecule has 1 aliphatic heterocycles. The summed E-state index contributed by atoms with van der Waals surface area (Å²) in [6.07, 6.45) is 1.81. The van der Waals surface area contributed by atoms with Crippen molar-refractivity contribution in [1.82, 2.24) is 24.5 Å². The Morgan fingerprint density at radius 1 is 1.29 bits per heavy atom. The molecule has 10 nitrogen and oxygen atoms in total. The lowest BCUT2D eigenvalue weighted by atomic mass is 10.3. The summed E-state index contributed by atoms with van der Waals surface area (Å²) in [5.41, 5.74) is 1.38. The molecule has 4 rings (SSSR count). The molecular weight excluding hydrogens is 384 g/mol. The molecule has 0 aliphatic carbocycles. The highest BCUT2D eigenvalue weighted by Gasteiger charge is 2.19. The maximum atomic E-state index is 12.3. The topological polar surface area (TPSA) is 105 Å². The molecule has 1 aromatic carbocycles. The minimum Gasteiger partial charge on any atom is -0.479 e. The molecule has 1 aliphatic rings. The molecule has 0 saturated carbocycles. The molecule has 0 radical (unpaired) electrons. The van der Waals surface area contributed by atoms with Crippen LogP contribution in [-0.4, -0.2) is 50.1 Å². The van der Waals surface area contributed by atoms with Crippen molar-refractivity contribution in [2.24, 2.45) is 14.1 Å². The summed E-state index contributed by atoms with van der Waals surface area (Å²) in [4.78, 5) is 12.3. The molecule has 3 aromatic rings. The first-order valence-corrected chi connectivity index (χ1v) is 9.33. The standard InChI is InChI=1S/C17H18N6O4S/c1-22-7-11(16(21-22)25-3)15-19-20-17(23(15)2)28-8-14(24)18-10-4-5-12-13(6-10)27-9-26-12/h4-7H,8-9H2,1-3H3,(H,18,24). The first-order valence-electron chi connectivity index (χ1n) is 8.35. The summed E-state index contributed by atoms with van der Waals surface area (Å²) in [6.45, 7) is 0.193. The van der Waals surface area contributed by atoms with Gasteiger partial charge in [-0.1, -0.05) is 11.8 Å². The largest absolute Gasteiger partial charge is 0.479 e. The summed E-state index contributed by atoms with van der Waals surface area (Å²) in [5.74, 6) is 2.40. The van der Waals surface area contributed by atoms with Crippen LogP contribution in [0.15, 0.2) is 29.6 Å². The minimum absolute atomic E-state index is 0.160. The molecule has 146 valence electrons. The quantitative estimate of drug-likeness (QED) is 0.621. The Morgan fingerprint density at radius 2 is 2.11 bits per heavy atom. The number of nitrogens with zero attached hydrogens (tertiary/aromatic N) is 5. The highest BCUT2D eigenvalue weighted by Crippen LogP contribution is 2.34. The second-order valence-corrected chi connectivity index (χ2v) is 6.94. The second-order valence-electron chi connectivity index (χ2n) is 6.00. The van der Waals surface area contributed by atoms with E-state index < -0.39 is 0 Å². The Hall–Kier alpha value is -3.21. The smallest absolute Gasteiger partial charge is 0.243 e. The van der Waals surface area contributed by atoms with E-state index in [1.54, 1.807) is 41.6 Å². The normalized spacial score (nSPS) is 12.2. The van der Waals surface area contributed by atoms with E-state index in [2.05, 4.69) is 20.6 Å². The molecule has 0 atom stereocenters. The van der Waals surface area contributed by atoms with Crippen molar-refractivity contribution in [3.63, 3.8) is 0 Å². The molecule has 3 heterocycles. The number of nitrogens with one attached hydrogen (secondary N) is 1. The number of carbonyl (C=O) groups excluding carboxylic acids is 1. The maximum absolute atomic E-state index is 12.3. The highest BCUT2D eigenvalue weighted by atomic mass is 32.2. The van der Waals surface area contributed by atoms with Gasteiger partial charge in [-0.05, 0) is 12.1 Å². The zero-order valence-electron chi connectivity index (χ0n) is 15.5. The van der Waals surface area contributed by atoms with Crippen molar-refractivity contribution >= 4 is 23.4 Å². The van der Waals surface area contributed by atoms with Gasteiger partial charge in [-0.15, -0.1) is 15.3 Å². The van der Waals surface area contributed by atoms with Crippen LogP contribution in [0.25, 0.3) is 11.4 Å². The number of carbonyl (C=O) groups is 1. The van der Waals surface area contributed by atoms with E-state index in [0.717, 1.165) is 5.56 Å². The van der Waals surface area contributed by atoms with Crippen LogP contribution < -0.4 is 19.5 Å². The summed E-state index contributed by atoms with van der Waals surface area (Å²) in [6, 6.07) is 5.27. The number of amides is 1. The minimum atomic E-state index is -0.160. The number of anilines is 1. The van der Waals surface area contributed by atoms with Crippen molar-refractivity contribution < 1.29 is 19.0 Å². The lowest BCUT2D eigenvalue weighted by Gasteiger charge is -2.06. The van der Waals surface area contributed by atoms with Gasteiger partial charge in [0, 0.05) is 32.0 Å². The summed E-state index contributed by atoms with van der Waals surface area (Å²) < 4.78 is 19.3. The number of fused-ring (bicyclic) bond motifs is 1. The predicted octanol–water partition coefficient (Wildman–Crippen LogP) is 1.68. The average Bonchev–Trinajstić information content (AvgIpc) is 3.38. The van der Waals surface area contributed by atoms with Gasteiger partial charge in [0.25, 0.3) is 0 Å². The average molecular weight is 402 g/mol. The number of ether oxygens (including phenoxy) is 3. The molecular formula is C17H18N6O4S. The molecule has 28 heavy (non-hydrogen) atoms. The molecule has 0 saturated heterocycles. The van der Waals surface area contributed by atoms with E-state index >= 15 is 0 Å². The molecule has 11 heteroatoms. The number of hydrogen-bond donors (Lipinski definition) is 1. The lowest BCUT2D eigenvalue weighted by molar-refractivity contribution is -0.113. The zero-order valence-corrected chi connectivity index (χ0v) is 16.3. The van der Waals surface area contributed by atoms with Crippen LogP contribution in [0, 0.1) is 0 Å². The van der Waals surface area contributed by atoms with Gasteiger partial charge in [0.15, 0.2) is 22.5 Å². The van der Waals surface area contributed by atoms with Crippen molar-refractivity contribution in [2.45, 2.75) is 5.16 Å². The Morgan fingerprint density at radius 3 is 2.93 bits per heavy atom. The fraction of sp³-hybridized carbons (Fsp3) is 0.294. The number of aryl methyl sites for hydroxylation is 1. The Bertz CT molecular complexity index is 1030. The number of thioether (sulfide) groups is 1. The molecule has 0 spiro atoms. The third kappa shape index (κ3) is 3.48. The van der Waals surface area contributed by atoms with Crippen LogP contribution in [0.3, 0.4) is 0 Å². The predicted molar refractivity (Wildman–Crippen MR) is 102 cm³/mol. The zero-order chi connectivity index (χ0) is 19.7. The van der Waals surface area contributed by atoms with Gasteiger partial charge in [-0.3, -0.25) is 9.48 Å². The fourth-order valence-electron chi connectivity index (χ4n) is 2.75. The first-order chi connectivity index (χ1) is 13.5. The number of aromatic nitrogens is 5. The summed E-state index contributed by atoms with van der Waals surface area (Å²) >= 11 is 1.29. The highest BCUT2D eigenvalue weighted by molar-refractivity contribution is 7.99. The van der Waals surface area contributed by atoms with E-state index in [4.69, 9.17) is 14.2 Å². The molecule has 1 N–H and O–H groups in total. The molecule has 0 bridgehead atoms. The van der Waals surface area contributed by atoms with Crippen LogP contribution in [0.4, 0.5) is 5.69 Å². The molecule has 0 fully saturated rings. The molecule has 0 unspecified atom stereocenters. The third-order valence-electron chi connectivity index (χ3n) is 4.05. The van der Waals surface area contributed by atoms with Crippen molar-refractivity contribution in [3.8, 4) is 28.8 Å². The van der Waals surface area contributed by atoms with Crippen LogP contribution >= 0.6 is 11.8 Å². The number of hydrogen-bond acceptors (Lipinski definition) is 8. The lowest BCUT2D eigenvalue weighted by Crippen LogP contribution is -2.14. The van der Waals surface area contributed by atoms with Gasteiger partial charge in [0.05, 0.1) is 12.9 Å². The van der Waals surface area contributed by atoms with E-state index in [1.165, 1.54) is 11.8 Å². The summed E-state index contributed by atoms with van der Waals surface area (Å²) in [7, 11) is 5.19. The number of rotatable bonds is 6. The number of benzene rings is 1. The van der Waals surface area contributed by atoms with Gasteiger partial charge >= 0.3 is 0 Å². The Balaban J connectivity index is 1.41. The van der Waals surface area contributed by atoms with Gasteiger partial charge < -0.3 is 24.1 Å². The van der Waals surface area contributed by atoms with E-state index in [1.807, 2.05) is 13.2 Å². The van der Waals surface area contributed by atoms with E-state index in [-0.39, 0.29) is 18.5 Å². The Labute approximate surface area is 164 Å². The van der Waals surface area contributed by atoms with Crippen LogP contribution in [0.5, 0.6) is 17.4 Å². The first kappa shape index (κ1) is 18.2. The van der Waals surface area contributed by atoms with Gasteiger partial charge in [-0.25, -0.2) is 0 Å². The van der Waals surface area contributed by atoms with E-state index in [9.17, 15) is 4.79 Å². The second kappa shape index (κ2) is 7.43. The van der Waals surface area contributed by atoms with Gasteiger partial charge in [0.2, 0.25) is 18.6 Å². The van der Waals surface area contributed by atoms with Crippen LogP contribution in [0.1, 0.15) is 0 Å². The van der Waals surface area contributed by atoms with Crippen molar-refractivity contribution in [2.75, 3.05) is 25.0 Å². The maximum Gasteiger partial charge on any atom is 0.243 e. The van der Waals surface area contributed by atoms with Crippen molar-refractivity contribution in [1.29, 1.82) is 0 Å². The van der Waals surface area contributed by atoms with Crippen LogP contribution in [0.2, 0.25) is 0 Å². The van der Waals surface area contributed by atoms with E-state index in [0.29, 0.717) is 34.0 Å².